The van der Waals surface area contributed by atoms with Crippen LogP contribution in [0.4, 0.5) is 5.69 Å². The number of carbonyl (C=O) groups is 1. The Balaban J connectivity index is 1.24. The molecule has 5 aromatic carbocycles. The van der Waals surface area contributed by atoms with Crippen molar-refractivity contribution in [3.05, 3.63) is 156 Å². The highest BCUT2D eigenvalue weighted by atomic mass is 16.5. The molecule has 0 spiro atoms. The predicted octanol–water partition coefficient (Wildman–Crippen LogP) is 7.93. The fourth-order valence-electron chi connectivity index (χ4n) is 4.94. The van der Waals surface area contributed by atoms with Crippen LogP contribution in [0.2, 0.25) is 0 Å². The van der Waals surface area contributed by atoms with Gasteiger partial charge in [-0.2, -0.15) is 0 Å². The Kier molecular flexibility index (Phi) is 11.6. The Morgan fingerprint density at radius 2 is 1.18 bits per heavy atom. The Morgan fingerprint density at radius 3 is 1.78 bits per heavy atom. The molecule has 0 saturated carbocycles. The van der Waals surface area contributed by atoms with Crippen LogP contribution >= 0.6 is 0 Å². The monoisotopic (exact) mass is 600 g/mol. The first-order chi connectivity index (χ1) is 22.1. The normalized spacial score (nSPS) is 10.8. The summed E-state index contributed by atoms with van der Waals surface area (Å²) in [4.78, 5) is 13.7. The number of amides is 1. The average molecular weight is 601 g/mol. The number of nitrogens with one attached hydrogen (secondary N) is 1. The Bertz CT molecular complexity index is 1590. The minimum Gasteiger partial charge on any atom is -0.492 e. The van der Waals surface area contributed by atoms with E-state index in [-0.39, 0.29) is 5.91 Å². The van der Waals surface area contributed by atoms with Gasteiger partial charge in [0.1, 0.15) is 25.6 Å². The maximum Gasteiger partial charge on any atom is 0.221 e. The van der Waals surface area contributed by atoms with Crippen LogP contribution in [0.1, 0.15) is 29.2 Å². The van der Waals surface area contributed by atoms with Gasteiger partial charge < -0.3 is 19.5 Å². The zero-order chi connectivity index (χ0) is 31.1. The van der Waals surface area contributed by atoms with Crippen molar-refractivity contribution in [2.45, 2.75) is 33.1 Å². The highest BCUT2D eigenvalue weighted by Gasteiger charge is 2.12. The lowest BCUT2D eigenvalue weighted by Crippen LogP contribution is -2.30. The zero-order valence-electron chi connectivity index (χ0n) is 25.7. The lowest BCUT2D eigenvalue weighted by atomic mass is 10.1. The lowest BCUT2D eigenvalue weighted by molar-refractivity contribution is -0.114. The molecule has 5 rings (SSSR count). The molecule has 0 unspecified atom stereocenters. The molecule has 230 valence electrons. The SMILES string of the molecule is CC(=O)Nc1ccc(OCCN(CCc2ccc(OCc3ccccc3)c(OCc3ccccc3)c2)Cc2ccccc2)cc1. The molecule has 0 heterocycles. The summed E-state index contributed by atoms with van der Waals surface area (Å²) in [5.41, 5.74) is 5.41. The lowest BCUT2D eigenvalue weighted by Gasteiger charge is -2.23. The van der Waals surface area contributed by atoms with Gasteiger partial charge in [0.25, 0.3) is 0 Å². The van der Waals surface area contributed by atoms with Crippen LogP contribution in [0, 0.1) is 0 Å². The van der Waals surface area contributed by atoms with Crippen LogP contribution in [-0.2, 0) is 31.0 Å². The maximum absolute atomic E-state index is 11.3. The number of ether oxygens (including phenoxy) is 3. The minimum atomic E-state index is -0.0931. The van der Waals surface area contributed by atoms with Crippen molar-refractivity contribution in [2.75, 3.05) is 25.0 Å². The molecule has 6 heteroatoms. The van der Waals surface area contributed by atoms with E-state index in [0.29, 0.717) is 19.8 Å². The average Bonchev–Trinajstić information content (AvgIpc) is 3.07. The number of benzene rings is 5. The van der Waals surface area contributed by atoms with Gasteiger partial charge in [-0.15, -0.1) is 0 Å². The quantitative estimate of drug-likeness (QED) is 0.125. The summed E-state index contributed by atoms with van der Waals surface area (Å²) in [5.74, 6) is 2.16. The molecule has 1 N–H and O–H groups in total. The molecule has 0 radical (unpaired) electrons. The van der Waals surface area contributed by atoms with E-state index in [2.05, 4.69) is 70.9 Å². The summed E-state index contributed by atoms with van der Waals surface area (Å²) in [7, 11) is 0. The van der Waals surface area contributed by atoms with Gasteiger partial charge >= 0.3 is 0 Å². The van der Waals surface area contributed by atoms with E-state index in [1.807, 2.05) is 72.8 Å². The van der Waals surface area contributed by atoms with Crippen molar-refractivity contribution in [1.29, 1.82) is 0 Å². The number of hydrogen-bond acceptors (Lipinski definition) is 5. The van der Waals surface area contributed by atoms with Crippen molar-refractivity contribution in [2.24, 2.45) is 0 Å². The van der Waals surface area contributed by atoms with Crippen molar-refractivity contribution in [1.82, 2.24) is 4.90 Å². The second-order valence-corrected chi connectivity index (χ2v) is 10.9. The van der Waals surface area contributed by atoms with E-state index in [0.717, 1.165) is 60.1 Å². The predicted molar refractivity (Wildman–Crippen MR) is 180 cm³/mol. The van der Waals surface area contributed by atoms with Crippen LogP contribution in [0.5, 0.6) is 17.2 Å². The second kappa shape index (κ2) is 16.7. The third kappa shape index (κ3) is 10.6. The molecular weight excluding hydrogens is 560 g/mol. The van der Waals surface area contributed by atoms with Crippen molar-refractivity contribution < 1.29 is 19.0 Å². The largest absolute Gasteiger partial charge is 0.492 e. The third-order valence-corrected chi connectivity index (χ3v) is 7.30. The van der Waals surface area contributed by atoms with Crippen LogP contribution in [-0.4, -0.2) is 30.5 Å². The number of carbonyl (C=O) groups excluding carboxylic acids is 1. The second-order valence-electron chi connectivity index (χ2n) is 10.9. The van der Waals surface area contributed by atoms with Gasteiger partial charge in [-0.1, -0.05) is 97.1 Å². The molecule has 0 bridgehead atoms. The van der Waals surface area contributed by atoms with Gasteiger partial charge in [0.05, 0.1) is 0 Å². The molecule has 0 aliphatic heterocycles. The molecule has 6 nitrogen and oxygen atoms in total. The first-order valence-electron chi connectivity index (χ1n) is 15.3. The number of rotatable bonds is 16. The summed E-state index contributed by atoms with van der Waals surface area (Å²) in [5, 5.41) is 2.78. The molecule has 0 aliphatic carbocycles. The van der Waals surface area contributed by atoms with Crippen LogP contribution < -0.4 is 19.5 Å². The van der Waals surface area contributed by atoms with Gasteiger partial charge in [-0.3, -0.25) is 9.69 Å². The summed E-state index contributed by atoms with van der Waals surface area (Å²) >= 11 is 0. The smallest absolute Gasteiger partial charge is 0.221 e. The standard InChI is InChI=1S/C39H40N2O4/c1-31(42)40-36-18-20-37(21-19-36)43-26-25-41(28-33-11-5-2-6-12-33)24-23-32-17-22-38(44-29-34-13-7-3-8-14-34)39(27-32)45-30-35-15-9-4-10-16-35/h2-22,27H,23-26,28-30H2,1H3,(H,40,42). The fourth-order valence-corrected chi connectivity index (χ4v) is 4.94. The van der Waals surface area contributed by atoms with Gasteiger partial charge in [0.15, 0.2) is 11.5 Å². The molecule has 0 aliphatic rings. The van der Waals surface area contributed by atoms with Crippen LogP contribution in [0.15, 0.2) is 133 Å². The fraction of sp³-hybridized carbons (Fsp3) is 0.205. The van der Waals surface area contributed by atoms with Gasteiger partial charge in [-0.25, -0.2) is 0 Å². The van der Waals surface area contributed by atoms with Gasteiger partial charge in [0, 0.05) is 32.2 Å². The molecule has 5 aromatic rings. The van der Waals surface area contributed by atoms with Crippen molar-refractivity contribution >= 4 is 11.6 Å². The van der Waals surface area contributed by atoms with E-state index in [1.165, 1.54) is 18.1 Å². The molecular formula is C39H40N2O4. The Hall–Kier alpha value is -5.07. The first-order valence-corrected chi connectivity index (χ1v) is 15.3. The van der Waals surface area contributed by atoms with E-state index in [1.54, 1.807) is 0 Å². The van der Waals surface area contributed by atoms with Crippen molar-refractivity contribution in [3.63, 3.8) is 0 Å². The molecule has 45 heavy (non-hydrogen) atoms. The number of hydrogen-bond donors (Lipinski definition) is 1. The topological polar surface area (TPSA) is 60.0 Å². The molecule has 0 saturated heterocycles. The third-order valence-electron chi connectivity index (χ3n) is 7.30. The molecule has 0 atom stereocenters. The van der Waals surface area contributed by atoms with Gasteiger partial charge in [-0.05, 0) is 65.1 Å². The molecule has 0 fully saturated rings. The summed E-state index contributed by atoms with van der Waals surface area (Å²) < 4.78 is 18.6. The highest BCUT2D eigenvalue weighted by molar-refractivity contribution is 5.88. The van der Waals surface area contributed by atoms with Crippen molar-refractivity contribution in [3.8, 4) is 17.2 Å². The Labute approximate surface area is 266 Å². The van der Waals surface area contributed by atoms with E-state index < -0.39 is 0 Å². The zero-order valence-corrected chi connectivity index (χ0v) is 25.7. The first kappa shape index (κ1) is 31.4. The van der Waals surface area contributed by atoms with E-state index in [9.17, 15) is 4.79 Å². The summed E-state index contributed by atoms with van der Waals surface area (Å²) in [6.07, 6.45) is 0.846. The number of anilines is 1. The molecule has 0 aromatic heterocycles. The number of nitrogens with zero attached hydrogens (tertiary/aromatic N) is 1. The highest BCUT2D eigenvalue weighted by Crippen LogP contribution is 2.30. The maximum atomic E-state index is 11.3. The van der Waals surface area contributed by atoms with Crippen LogP contribution in [0.25, 0.3) is 0 Å². The van der Waals surface area contributed by atoms with E-state index >= 15 is 0 Å². The van der Waals surface area contributed by atoms with E-state index in [4.69, 9.17) is 14.2 Å². The minimum absolute atomic E-state index is 0.0931. The molecule has 1 amide bonds. The van der Waals surface area contributed by atoms with Gasteiger partial charge in [0.2, 0.25) is 5.91 Å². The van der Waals surface area contributed by atoms with Crippen LogP contribution in [0.3, 0.4) is 0 Å². The Morgan fingerprint density at radius 1 is 0.600 bits per heavy atom. The summed E-state index contributed by atoms with van der Waals surface area (Å²) in [6, 6.07) is 44.6. The summed E-state index contributed by atoms with van der Waals surface area (Å²) in [6.45, 7) is 5.42.